The maximum Gasteiger partial charge on any atom is 0.279 e. The van der Waals surface area contributed by atoms with Crippen LogP contribution in [-0.4, -0.2) is 23.7 Å². The zero-order valence-corrected chi connectivity index (χ0v) is 13.6. The van der Waals surface area contributed by atoms with Crippen molar-refractivity contribution >= 4 is 46.4 Å². The van der Waals surface area contributed by atoms with E-state index in [0.29, 0.717) is 22.3 Å². The van der Waals surface area contributed by atoms with E-state index in [-0.39, 0.29) is 5.11 Å². The molecule has 0 aliphatic rings. The molecule has 3 N–H and O–H groups in total. The van der Waals surface area contributed by atoms with Crippen molar-refractivity contribution in [2.75, 3.05) is 6.54 Å². The van der Waals surface area contributed by atoms with Crippen LogP contribution in [0.4, 0.5) is 0 Å². The number of hydrogen-bond acceptors (Lipinski definition) is 3. The highest BCUT2D eigenvalue weighted by Gasteiger charge is 2.16. The molecule has 1 unspecified atom stereocenters. The molecule has 0 aliphatic heterocycles. The quantitative estimate of drug-likeness (QED) is 0.433. The minimum absolute atomic E-state index is 0.278. The fourth-order valence-electron chi connectivity index (χ4n) is 1.24. The van der Waals surface area contributed by atoms with Crippen LogP contribution in [0, 0.1) is 0 Å². The first kappa shape index (κ1) is 17.6. The minimum Gasteiger partial charge on any atom is -0.479 e. The molecule has 0 heterocycles. The Morgan fingerprint density at radius 1 is 1.48 bits per heavy atom. The number of halogens is 2. The van der Waals surface area contributed by atoms with E-state index in [1.54, 1.807) is 25.1 Å². The summed E-state index contributed by atoms with van der Waals surface area (Å²) >= 11 is 16.7. The summed E-state index contributed by atoms with van der Waals surface area (Å²) in [4.78, 5) is 11.8. The molecule has 0 bridgehead atoms. The summed E-state index contributed by atoms with van der Waals surface area (Å²) in [7, 11) is 0. The smallest absolute Gasteiger partial charge is 0.279 e. The second-order valence-electron chi connectivity index (χ2n) is 3.95. The molecule has 114 valence electrons. The van der Waals surface area contributed by atoms with E-state index in [4.69, 9.17) is 40.2 Å². The van der Waals surface area contributed by atoms with Crippen molar-refractivity contribution in [2.24, 2.45) is 0 Å². The van der Waals surface area contributed by atoms with Crippen LogP contribution >= 0.6 is 35.4 Å². The van der Waals surface area contributed by atoms with Crippen LogP contribution in [-0.2, 0) is 4.79 Å². The van der Waals surface area contributed by atoms with E-state index in [1.807, 2.05) is 0 Å². The predicted molar refractivity (Wildman–Crippen MR) is 88.6 cm³/mol. The maximum absolute atomic E-state index is 11.8. The summed E-state index contributed by atoms with van der Waals surface area (Å²) in [5.41, 5.74) is 4.97. The molecule has 0 fully saturated rings. The number of hydrogen-bond donors (Lipinski definition) is 3. The zero-order chi connectivity index (χ0) is 15.8. The van der Waals surface area contributed by atoms with E-state index in [0.717, 1.165) is 0 Å². The van der Waals surface area contributed by atoms with Crippen LogP contribution in [0.15, 0.2) is 30.9 Å². The number of rotatable bonds is 5. The first-order chi connectivity index (χ1) is 9.93. The highest BCUT2D eigenvalue weighted by atomic mass is 35.5. The van der Waals surface area contributed by atoms with Gasteiger partial charge >= 0.3 is 0 Å². The van der Waals surface area contributed by atoms with Gasteiger partial charge in [0.25, 0.3) is 5.91 Å². The number of benzene rings is 1. The number of nitrogens with one attached hydrogen (secondary N) is 3. The fourth-order valence-corrected chi connectivity index (χ4v) is 1.83. The second kappa shape index (κ2) is 8.71. The number of amides is 1. The average Bonchev–Trinajstić information content (AvgIpc) is 2.45. The lowest BCUT2D eigenvalue weighted by atomic mass is 10.3. The number of ether oxygens (including phenoxy) is 1. The SMILES string of the molecule is C=CCNC(=S)NNC(=O)C(C)Oc1ccc(Cl)cc1Cl. The van der Waals surface area contributed by atoms with E-state index in [9.17, 15) is 4.79 Å². The standard InChI is InChI=1S/C13H15Cl2N3O2S/c1-3-6-16-13(21)18-17-12(19)8(2)20-11-5-4-9(14)7-10(11)15/h3-5,7-8H,1,6H2,2H3,(H,17,19)(H2,16,18,21). The van der Waals surface area contributed by atoms with Gasteiger partial charge in [0, 0.05) is 11.6 Å². The number of carbonyl (C=O) groups excluding carboxylic acids is 1. The van der Waals surface area contributed by atoms with Gasteiger partial charge in [0.1, 0.15) is 5.75 Å². The predicted octanol–water partition coefficient (Wildman–Crippen LogP) is 2.44. The van der Waals surface area contributed by atoms with Crippen LogP contribution in [0.3, 0.4) is 0 Å². The molecular formula is C13H15Cl2N3O2S. The Kier molecular flexibility index (Phi) is 7.28. The normalized spacial score (nSPS) is 11.2. The van der Waals surface area contributed by atoms with Gasteiger partial charge < -0.3 is 10.1 Å². The Bertz CT molecular complexity index is 540. The Labute approximate surface area is 138 Å². The van der Waals surface area contributed by atoms with Crippen LogP contribution in [0.25, 0.3) is 0 Å². The van der Waals surface area contributed by atoms with Crippen molar-refractivity contribution in [1.29, 1.82) is 0 Å². The van der Waals surface area contributed by atoms with Crippen molar-refractivity contribution in [3.05, 3.63) is 40.9 Å². The average molecular weight is 348 g/mol. The molecule has 0 aliphatic carbocycles. The molecule has 1 aromatic carbocycles. The first-order valence-electron chi connectivity index (χ1n) is 6.00. The molecule has 1 rings (SSSR count). The Morgan fingerprint density at radius 3 is 2.81 bits per heavy atom. The lowest BCUT2D eigenvalue weighted by molar-refractivity contribution is -0.127. The van der Waals surface area contributed by atoms with Gasteiger partial charge in [-0.2, -0.15) is 0 Å². The topological polar surface area (TPSA) is 62.4 Å². The molecule has 8 heteroatoms. The van der Waals surface area contributed by atoms with E-state index in [2.05, 4.69) is 22.7 Å². The largest absolute Gasteiger partial charge is 0.479 e. The first-order valence-corrected chi connectivity index (χ1v) is 7.16. The van der Waals surface area contributed by atoms with Crippen LogP contribution in [0.1, 0.15) is 6.92 Å². The maximum atomic E-state index is 11.8. The fraction of sp³-hybridized carbons (Fsp3) is 0.231. The Balaban J connectivity index is 2.47. The monoisotopic (exact) mass is 347 g/mol. The minimum atomic E-state index is -0.765. The van der Waals surface area contributed by atoms with Crippen molar-refractivity contribution < 1.29 is 9.53 Å². The van der Waals surface area contributed by atoms with E-state index < -0.39 is 12.0 Å². The second-order valence-corrected chi connectivity index (χ2v) is 5.20. The molecule has 1 amide bonds. The summed E-state index contributed by atoms with van der Waals surface area (Å²) in [5, 5.41) is 3.90. The molecule has 0 saturated heterocycles. The highest BCUT2D eigenvalue weighted by molar-refractivity contribution is 7.80. The van der Waals surface area contributed by atoms with Crippen LogP contribution < -0.4 is 20.9 Å². The van der Waals surface area contributed by atoms with Gasteiger partial charge in [-0.1, -0.05) is 29.3 Å². The number of carbonyl (C=O) groups is 1. The van der Waals surface area contributed by atoms with Gasteiger partial charge in [0.2, 0.25) is 0 Å². The van der Waals surface area contributed by atoms with Crippen molar-refractivity contribution in [3.8, 4) is 5.75 Å². The third-order valence-corrected chi connectivity index (χ3v) is 3.05. The molecule has 0 aromatic heterocycles. The summed E-state index contributed by atoms with van der Waals surface area (Å²) in [5.74, 6) is -0.0279. The lowest BCUT2D eigenvalue weighted by Gasteiger charge is -2.17. The molecule has 1 atom stereocenters. The summed E-state index contributed by atoms with van der Waals surface area (Å²) < 4.78 is 5.45. The molecule has 21 heavy (non-hydrogen) atoms. The van der Waals surface area contributed by atoms with Gasteiger partial charge in [-0.15, -0.1) is 6.58 Å². The molecule has 0 radical (unpaired) electrons. The summed E-state index contributed by atoms with van der Waals surface area (Å²) in [6.45, 7) is 5.62. The van der Waals surface area contributed by atoms with Crippen LogP contribution in [0.2, 0.25) is 10.0 Å². The Morgan fingerprint density at radius 2 is 2.19 bits per heavy atom. The van der Waals surface area contributed by atoms with Gasteiger partial charge in [-0.3, -0.25) is 15.6 Å². The third kappa shape index (κ3) is 6.20. The molecule has 0 spiro atoms. The van der Waals surface area contributed by atoms with E-state index in [1.165, 1.54) is 6.07 Å². The molecular weight excluding hydrogens is 333 g/mol. The zero-order valence-electron chi connectivity index (χ0n) is 11.3. The van der Waals surface area contributed by atoms with Crippen LogP contribution in [0.5, 0.6) is 5.75 Å². The molecule has 5 nitrogen and oxygen atoms in total. The highest BCUT2D eigenvalue weighted by Crippen LogP contribution is 2.28. The lowest BCUT2D eigenvalue weighted by Crippen LogP contribution is -2.50. The van der Waals surface area contributed by atoms with Crippen molar-refractivity contribution in [3.63, 3.8) is 0 Å². The van der Waals surface area contributed by atoms with Crippen molar-refractivity contribution in [2.45, 2.75) is 13.0 Å². The number of thiocarbonyl (C=S) groups is 1. The summed E-state index contributed by atoms with van der Waals surface area (Å²) in [6, 6.07) is 4.76. The van der Waals surface area contributed by atoms with Gasteiger partial charge in [-0.25, -0.2) is 0 Å². The Hall–Kier alpha value is -1.50. The third-order valence-electron chi connectivity index (χ3n) is 2.27. The van der Waals surface area contributed by atoms with E-state index >= 15 is 0 Å². The number of hydrazine groups is 1. The van der Waals surface area contributed by atoms with Gasteiger partial charge in [0.05, 0.1) is 5.02 Å². The van der Waals surface area contributed by atoms with Crippen molar-refractivity contribution in [1.82, 2.24) is 16.2 Å². The van der Waals surface area contributed by atoms with Gasteiger partial charge in [-0.05, 0) is 37.3 Å². The molecule has 1 aromatic rings. The van der Waals surface area contributed by atoms with Gasteiger partial charge in [0.15, 0.2) is 11.2 Å². The summed E-state index contributed by atoms with van der Waals surface area (Å²) in [6.07, 6.45) is 0.878. The molecule has 0 saturated carbocycles.